The molecule has 120 valence electrons. The highest BCUT2D eigenvalue weighted by molar-refractivity contribution is 8.27. The quantitative estimate of drug-likeness (QED) is 0.462. The summed E-state index contributed by atoms with van der Waals surface area (Å²) in [5, 5.41) is 0. The molecular formula is C18H12FNO2S2. The van der Waals surface area contributed by atoms with Gasteiger partial charge in [0.25, 0.3) is 5.91 Å². The first-order valence-electron chi connectivity index (χ1n) is 7.10. The Hall–Kier alpha value is -2.31. The van der Waals surface area contributed by atoms with Gasteiger partial charge in [-0.2, -0.15) is 0 Å². The minimum absolute atomic E-state index is 0.0795. The number of amides is 1. The molecule has 3 nitrogen and oxygen atoms in total. The van der Waals surface area contributed by atoms with Crippen molar-refractivity contribution in [3.8, 4) is 0 Å². The Balaban J connectivity index is 1.93. The van der Waals surface area contributed by atoms with Crippen LogP contribution >= 0.6 is 24.0 Å². The van der Waals surface area contributed by atoms with Crippen LogP contribution in [0, 0.1) is 5.82 Å². The maximum absolute atomic E-state index is 13.0. The fourth-order valence-electron chi connectivity index (χ4n) is 2.26. The topological polar surface area (TPSA) is 37.4 Å². The van der Waals surface area contributed by atoms with Crippen LogP contribution in [-0.2, 0) is 4.79 Å². The number of anilines is 1. The van der Waals surface area contributed by atoms with Crippen LogP contribution in [0.4, 0.5) is 10.1 Å². The molecular weight excluding hydrogens is 345 g/mol. The van der Waals surface area contributed by atoms with E-state index in [0.717, 1.165) is 5.56 Å². The number of ketones is 1. The van der Waals surface area contributed by atoms with Crippen LogP contribution < -0.4 is 4.90 Å². The molecule has 0 atom stereocenters. The summed E-state index contributed by atoms with van der Waals surface area (Å²) in [5.74, 6) is -0.667. The first-order chi connectivity index (χ1) is 11.5. The molecule has 0 aliphatic carbocycles. The van der Waals surface area contributed by atoms with E-state index in [2.05, 4.69) is 0 Å². The number of benzene rings is 2. The van der Waals surface area contributed by atoms with Gasteiger partial charge in [0.1, 0.15) is 5.82 Å². The van der Waals surface area contributed by atoms with Crippen molar-refractivity contribution in [3.05, 3.63) is 70.4 Å². The Kier molecular flexibility index (Phi) is 4.59. The molecule has 6 heteroatoms. The minimum atomic E-state index is -0.333. The summed E-state index contributed by atoms with van der Waals surface area (Å²) in [6.07, 6.45) is 1.67. The molecule has 3 rings (SSSR count). The predicted molar refractivity (Wildman–Crippen MR) is 98.5 cm³/mol. The number of hydrogen-bond donors (Lipinski definition) is 0. The molecule has 1 saturated heterocycles. The molecule has 0 N–H and O–H groups in total. The van der Waals surface area contributed by atoms with E-state index in [1.165, 1.54) is 35.7 Å². The maximum Gasteiger partial charge on any atom is 0.270 e. The fourth-order valence-corrected chi connectivity index (χ4v) is 3.56. The largest absolute Gasteiger partial charge is 0.295 e. The lowest BCUT2D eigenvalue weighted by molar-refractivity contribution is -0.113. The Labute approximate surface area is 148 Å². The smallest absolute Gasteiger partial charge is 0.270 e. The van der Waals surface area contributed by atoms with Gasteiger partial charge in [-0.15, -0.1) is 0 Å². The number of Topliss-reactive ketones (excluding diaryl/α,β-unsaturated/α-hetero) is 1. The predicted octanol–water partition coefficient (Wildman–Crippen LogP) is 4.43. The van der Waals surface area contributed by atoms with E-state index in [0.29, 0.717) is 20.5 Å². The molecule has 24 heavy (non-hydrogen) atoms. The van der Waals surface area contributed by atoms with Crippen LogP contribution in [0.5, 0.6) is 0 Å². The zero-order valence-electron chi connectivity index (χ0n) is 12.7. The second-order valence-electron chi connectivity index (χ2n) is 5.18. The van der Waals surface area contributed by atoms with Gasteiger partial charge in [0.05, 0.1) is 10.6 Å². The van der Waals surface area contributed by atoms with Crippen LogP contribution in [-0.4, -0.2) is 16.0 Å². The normalized spacial score (nSPS) is 16.1. The third kappa shape index (κ3) is 3.29. The van der Waals surface area contributed by atoms with E-state index in [4.69, 9.17) is 12.2 Å². The van der Waals surface area contributed by atoms with Gasteiger partial charge in [-0.3, -0.25) is 14.5 Å². The molecule has 1 heterocycles. The Morgan fingerprint density at radius 2 is 1.92 bits per heavy atom. The summed E-state index contributed by atoms with van der Waals surface area (Å²) in [6, 6.07) is 12.7. The molecule has 0 bridgehead atoms. The highest BCUT2D eigenvalue weighted by Gasteiger charge is 2.33. The Bertz CT molecular complexity index is 875. The van der Waals surface area contributed by atoms with Gasteiger partial charge in [0.15, 0.2) is 10.1 Å². The van der Waals surface area contributed by atoms with Crippen LogP contribution in [0.1, 0.15) is 22.8 Å². The molecule has 2 aromatic carbocycles. The molecule has 1 aliphatic rings. The summed E-state index contributed by atoms with van der Waals surface area (Å²) in [6.45, 7) is 1.47. The third-order valence-corrected chi connectivity index (χ3v) is 4.77. The standard InChI is InChI=1S/C18H12FNO2S2/c1-11(21)13-3-2-4-15(10-13)20-17(22)16(24-18(20)23)9-12-5-7-14(19)8-6-12/h2-10H,1H3/b16-9-. The first kappa shape index (κ1) is 16.5. The summed E-state index contributed by atoms with van der Waals surface area (Å²) in [7, 11) is 0. The maximum atomic E-state index is 13.0. The number of carbonyl (C=O) groups is 2. The van der Waals surface area contributed by atoms with Crippen molar-refractivity contribution in [2.45, 2.75) is 6.92 Å². The van der Waals surface area contributed by atoms with E-state index in [-0.39, 0.29) is 17.5 Å². The van der Waals surface area contributed by atoms with Crippen LogP contribution in [0.3, 0.4) is 0 Å². The number of rotatable bonds is 3. The second kappa shape index (κ2) is 6.67. The Morgan fingerprint density at radius 3 is 2.58 bits per heavy atom. The third-order valence-electron chi connectivity index (χ3n) is 3.47. The zero-order chi connectivity index (χ0) is 17.3. The van der Waals surface area contributed by atoms with E-state index in [1.54, 1.807) is 42.5 Å². The number of halogens is 1. The van der Waals surface area contributed by atoms with Crippen molar-refractivity contribution < 1.29 is 14.0 Å². The minimum Gasteiger partial charge on any atom is -0.295 e. The SMILES string of the molecule is CC(=O)c1cccc(N2C(=O)/C(=C/c3ccc(F)cc3)SC2=S)c1. The highest BCUT2D eigenvalue weighted by Crippen LogP contribution is 2.36. The lowest BCUT2D eigenvalue weighted by atomic mass is 10.1. The number of hydrogen-bond acceptors (Lipinski definition) is 4. The molecule has 1 amide bonds. The zero-order valence-corrected chi connectivity index (χ0v) is 14.3. The number of nitrogens with zero attached hydrogens (tertiary/aromatic N) is 1. The van der Waals surface area contributed by atoms with Crippen molar-refractivity contribution in [1.29, 1.82) is 0 Å². The molecule has 1 aliphatic heterocycles. The van der Waals surface area contributed by atoms with Crippen molar-refractivity contribution in [3.63, 3.8) is 0 Å². The van der Waals surface area contributed by atoms with E-state index in [9.17, 15) is 14.0 Å². The fraction of sp³-hybridized carbons (Fsp3) is 0.0556. The van der Waals surface area contributed by atoms with E-state index < -0.39 is 0 Å². The van der Waals surface area contributed by atoms with Gasteiger partial charge < -0.3 is 0 Å². The molecule has 0 saturated carbocycles. The molecule has 0 spiro atoms. The lowest BCUT2D eigenvalue weighted by Crippen LogP contribution is -2.27. The summed E-state index contributed by atoms with van der Waals surface area (Å²) >= 11 is 6.49. The monoisotopic (exact) mass is 357 g/mol. The average molecular weight is 357 g/mol. The van der Waals surface area contributed by atoms with Crippen molar-refractivity contribution >= 4 is 51.8 Å². The number of thioether (sulfide) groups is 1. The average Bonchev–Trinajstić information content (AvgIpc) is 2.83. The van der Waals surface area contributed by atoms with Gasteiger partial charge in [-0.1, -0.05) is 48.2 Å². The van der Waals surface area contributed by atoms with Crippen molar-refractivity contribution in [2.75, 3.05) is 4.90 Å². The van der Waals surface area contributed by atoms with Crippen LogP contribution in [0.2, 0.25) is 0 Å². The molecule has 1 fully saturated rings. The number of thiocarbonyl (C=S) groups is 1. The molecule has 2 aromatic rings. The van der Waals surface area contributed by atoms with E-state index in [1.807, 2.05) is 0 Å². The summed E-state index contributed by atoms with van der Waals surface area (Å²) in [4.78, 5) is 26.0. The molecule has 0 radical (unpaired) electrons. The van der Waals surface area contributed by atoms with Gasteiger partial charge in [-0.05, 0) is 42.8 Å². The Morgan fingerprint density at radius 1 is 1.21 bits per heavy atom. The van der Waals surface area contributed by atoms with Crippen molar-refractivity contribution in [2.24, 2.45) is 0 Å². The van der Waals surface area contributed by atoms with Crippen molar-refractivity contribution in [1.82, 2.24) is 0 Å². The van der Waals surface area contributed by atoms with Gasteiger partial charge in [-0.25, -0.2) is 4.39 Å². The van der Waals surface area contributed by atoms with E-state index >= 15 is 0 Å². The van der Waals surface area contributed by atoms with Gasteiger partial charge in [0.2, 0.25) is 0 Å². The molecule has 0 aromatic heterocycles. The van der Waals surface area contributed by atoms with Gasteiger partial charge in [0, 0.05) is 5.56 Å². The second-order valence-corrected chi connectivity index (χ2v) is 6.85. The summed E-state index contributed by atoms with van der Waals surface area (Å²) in [5.41, 5.74) is 1.80. The first-order valence-corrected chi connectivity index (χ1v) is 8.33. The highest BCUT2D eigenvalue weighted by atomic mass is 32.2. The van der Waals surface area contributed by atoms with Crippen LogP contribution in [0.15, 0.2) is 53.4 Å². The summed E-state index contributed by atoms with van der Waals surface area (Å²) < 4.78 is 13.4. The van der Waals surface area contributed by atoms with Crippen LogP contribution in [0.25, 0.3) is 6.08 Å². The molecule has 0 unspecified atom stereocenters. The number of carbonyl (C=O) groups excluding carboxylic acids is 2. The van der Waals surface area contributed by atoms with Gasteiger partial charge >= 0.3 is 0 Å². The lowest BCUT2D eigenvalue weighted by Gasteiger charge is -2.15.